The van der Waals surface area contributed by atoms with Gasteiger partial charge in [-0.3, -0.25) is 0 Å². The first-order valence-corrected chi connectivity index (χ1v) is 7.79. The smallest absolute Gasteiger partial charge is 0.191 e. The van der Waals surface area contributed by atoms with Crippen molar-refractivity contribution in [3.05, 3.63) is 0 Å². The maximum absolute atomic E-state index is 6.13. The highest BCUT2D eigenvalue weighted by Crippen LogP contribution is 2.50. The Labute approximate surface area is 141 Å². The van der Waals surface area contributed by atoms with Crippen LogP contribution in [-0.2, 0) is 4.74 Å². The van der Waals surface area contributed by atoms with Crippen molar-refractivity contribution >= 4 is 29.9 Å². The largest absolute Gasteiger partial charge is 0.378 e. The summed E-state index contributed by atoms with van der Waals surface area (Å²) in [4.78, 5) is 6.91. The number of hydrogen-bond acceptors (Lipinski definition) is 2. The summed E-state index contributed by atoms with van der Waals surface area (Å²) in [5.74, 6) is 0.691. The van der Waals surface area contributed by atoms with E-state index in [1.807, 2.05) is 0 Å². The van der Waals surface area contributed by atoms with Crippen molar-refractivity contribution in [1.82, 2.24) is 4.90 Å². The van der Waals surface area contributed by atoms with Crippen molar-refractivity contribution in [2.24, 2.45) is 16.1 Å². The van der Waals surface area contributed by atoms with Crippen LogP contribution in [0.25, 0.3) is 0 Å². The summed E-state index contributed by atoms with van der Waals surface area (Å²) in [5.41, 5.74) is 6.32. The van der Waals surface area contributed by atoms with Crippen LogP contribution in [0.5, 0.6) is 0 Å². The predicted molar refractivity (Wildman–Crippen MR) is 96.8 cm³/mol. The number of nitrogens with zero attached hydrogens (tertiary/aromatic N) is 2. The lowest BCUT2D eigenvalue weighted by Gasteiger charge is -2.53. The number of ether oxygens (including phenoxy) is 1. The monoisotopic (exact) mass is 397 g/mol. The fourth-order valence-electron chi connectivity index (χ4n) is 3.31. The molecule has 0 heterocycles. The van der Waals surface area contributed by atoms with E-state index < -0.39 is 0 Å². The zero-order valence-electron chi connectivity index (χ0n) is 13.7. The molecule has 1 saturated carbocycles. The third-order valence-corrected chi connectivity index (χ3v) is 4.80. The van der Waals surface area contributed by atoms with E-state index >= 15 is 0 Å². The van der Waals surface area contributed by atoms with Crippen molar-refractivity contribution in [1.29, 1.82) is 0 Å². The van der Waals surface area contributed by atoms with Crippen LogP contribution in [0.15, 0.2) is 4.99 Å². The zero-order valence-corrected chi connectivity index (χ0v) is 16.0. The molecule has 2 atom stereocenters. The summed E-state index contributed by atoms with van der Waals surface area (Å²) in [5, 5.41) is 0. The maximum atomic E-state index is 6.13. The highest BCUT2D eigenvalue weighted by molar-refractivity contribution is 14.0. The summed E-state index contributed by atoms with van der Waals surface area (Å²) >= 11 is 0. The lowest BCUT2D eigenvalue weighted by atomic mass is 9.59. The number of halogens is 1. The van der Waals surface area contributed by atoms with Crippen molar-refractivity contribution in [2.75, 3.05) is 19.7 Å². The quantitative estimate of drug-likeness (QED) is 0.408. The molecular formula is C15H32IN3O. The van der Waals surface area contributed by atoms with Crippen LogP contribution in [0.1, 0.15) is 53.9 Å². The first-order valence-electron chi connectivity index (χ1n) is 7.79. The summed E-state index contributed by atoms with van der Waals surface area (Å²) in [7, 11) is 0. The Morgan fingerprint density at radius 2 is 1.75 bits per heavy atom. The molecule has 2 N–H and O–H groups in total. The average Bonchev–Trinajstić information content (AvgIpc) is 2.40. The molecule has 1 rings (SSSR count). The molecule has 2 unspecified atom stereocenters. The van der Waals surface area contributed by atoms with Crippen molar-refractivity contribution < 1.29 is 4.74 Å². The van der Waals surface area contributed by atoms with Crippen LogP contribution < -0.4 is 5.73 Å². The van der Waals surface area contributed by atoms with Crippen molar-refractivity contribution in [3.63, 3.8) is 0 Å². The molecule has 0 aliphatic heterocycles. The molecule has 0 aromatic heterocycles. The van der Waals surface area contributed by atoms with Gasteiger partial charge in [-0.1, -0.05) is 13.8 Å². The topological polar surface area (TPSA) is 50.9 Å². The predicted octanol–water partition coefficient (Wildman–Crippen LogP) is 3.24. The molecule has 4 nitrogen and oxygen atoms in total. The molecule has 1 aliphatic carbocycles. The number of nitrogens with two attached hydrogens (primary N) is 1. The molecular weight excluding hydrogens is 365 g/mol. The Bertz CT molecular complexity index is 301. The molecule has 0 amide bonds. The third-order valence-electron chi connectivity index (χ3n) is 4.80. The molecule has 1 fully saturated rings. The molecule has 120 valence electrons. The Balaban J connectivity index is 0.00000361. The number of guanidine groups is 1. The fourth-order valence-corrected chi connectivity index (χ4v) is 3.31. The second-order valence-corrected chi connectivity index (χ2v) is 5.30. The van der Waals surface area contributed by atoms with E-state index in [2.05, 4.69) is 39.5 Å². The minimum absolute atomic E-state index is 0. The van der Waals surface area contributed by atoms with Crippen molar-refractivity contribution in [2.45, 2.75) is 66.0 Å². The molecule has 1 aliphatic rings. The van der Waals surface area contributed by atoms with E-state index in [9.17, 15) is 0 Å². The van der Waals surface area contributed by atoms with Gasteiger partial charge in [0.25, 0.3) is 0 Å². The molecule has 0 aromatic carbocycles. The fraction of sp³-hybridized carbons (Fsp3) is 0.933. The van der Waals surface area contributed by atoms with E-state index in [0.29, 0.717) is 18.1 Å². The van der Waals surface area contributed by atoms with Crippen LogP contribution in [0.3, 0.4) is 0 Å². The first-order chi connectivity index (χ1) is 9.09. The second-order valence-electron chi connectivity index (χ2n) is 5.30. The van der Waals surface area contributed by atoms with Crippen LogP contribution in [0, 0.1) is 5.41 Å². The van der Waals surface area contributed by atoms with Gasteiger partial charge in [-0.25, -0.2) is 4.99 Å². The molecule has 0 saturated heterocycles. The van der Waals surface area contributed by atoms with E-state index in [0.717, 1.165) is 39.0 Å². The minimum atomic E-state index is 0. The van der Waals surface area contributed by atoms with Gasteiger partial charge >= 0.3 is 0 Å². The molecule has 20 heavy (non-hydrogen) atoms. The zero-order chi connectivity index (χ0) is 14.5. The SMILES string of the molecule is CCOC1CC(N=C(N)N(CC)CC)C1(CC)CC.I. The third kappa shape index (κ3) is 3.78. The van der Waals surface area contributed by atoms with Crippen LogP contribution in [0.4, 0.5) is 0 Å². The molecule has 0 radical (unpaired) electrons. The lowest BCUT2D eigenvalue weighted by Crippen LogP contribution is -2.58. The Hall–Kier alpha value is -0.0400. The molecule has 5 heteroatoms. The van der Waals surface area contributed by atoms with E-state index in [4.69, 9.17) is 15.5 Å². The minimum Gasteiger partial charge on any atom is -0.378 e. The Kier molecular flexibility index (Phi) is 9.06. The van der Waals surface area contributed by atoms with Gasteiger partial charge < -0.3 is 15.4 Å². The molecule has 0 aromatic rings. The van der Waals surface area contributed by atoms with Gasteiger partial charge in [0.15, 0.2) is 5.96 Å². The Morgan fingerprint density at radius 1 is 1.20 bits per heavy atom. The standard InChI is InChI=1S/C15H31N3O.HI/c1-6-15(7-2)12(11-13(15)19-10-5)17-14(16)18(8-3)9-4;/h12-13H,6-11H2,1-5H3,(H2,16,17);1H. The van der Waals surface area contributed by atoms with E-state index in [1.165, 1.54) is 0 Å². The first kappa shape index (κ1) is 20.0. The van der Waals surface area contributed by atoms with E-state index in [1.54, 1.807) is 0 Å². The van der Waals surface area contributed by atoms with Gasteiger partial charge in [0.2, 0.25) is 0 Å². The lowest BCUT2D eigenvalue weighted by molar-refractivity contribution is -0.127. The number of rotatable bonds is 7. The van der Waals surface area contributed by atoms with Gasteiger partial charge in [0, 0.05) is 25.1 Å². The van der Waals surface area contributed by atoms with Gasteiger partial charge in [-0.15, -0.1) is 24.0 Å². The maximum Gasteiger partial charge on any atom is 0.191 e. The number of hydrogen-bond donors (Lipinski definition) is 1. The molecule has 0 bridgehead atoms. The highest BCUT2D eigenvalue weighted by atomic mass is 127. The van der Waals surface area contributed by atoms with Gasteiger partial charge in [-0.05, 0) is 40.0 Å². The van der Waals surface area contributed by atoms with Crippen LogP contribution in [0.2, 0.25) is 0 Å². The van der Waals surface area contributed by atoms with Crippen LogP contribution in [-0.4, -0.2) is 42.7 Å². The number of aliphatic imine (C=N–C) groups is 1. The molecule has 0 spiro atoms. The summed E-state index contributed by atoms with van der Waals surface area (Å²) in [6.07, 6.45) is 3.57. The average molecular weight is 397 g/mol. The second kappa shape index (κ2) is 9.07. The highest BCUT2D eigenvalue weighted by Gasteiger charge is 2.53. The summed E-state index contributed by atoms with van der Waals surface area (Å²) < 4.78 is 5.88. The van der Waals surface area contributed by atoms with Crippen molar-refractivity contribution in [3.8, 4) is 0 Å². The van der Waals surface area contributed by atoms with Gasteiger partial charge in [0.05, 0.1) is 12.1 Å². The van der Waals surface area contributed by atoms with Gasteiger partial charge in [0.1, 0.15) is 0 Å². The van der Waals surface area contributed by atoms with E-state index in [-0.39, 0.29) is 29.4 Å². The summed E-state index contributed by atoms with van der Waals surface area (Å²) in [6.45, 7) is 13.4. The Morgan fingerprint density at radius 3 is 2.15 bits per heavy atom. The normalized spacial score (nSPS) is 24.8. The van der Waals surface area contributed by atoms with Gasteiger partial charge in [-0.2, -0.15) is 0 Å². The summed E-state index contributed by atoms with van der Waals surface area (Å²) in [6, 6.07) is 0.319. The van der Waals surface area contributed by atoms with Crippen LogP contribution >= 0.6 is 24.0 Å².